The normalized spacial score (nSPS) is 15.5. The fourth-order valence-corrected chi connectivity index (χ4v) is 1.46. The van der Waals surface area contributed by atoms with Gasteiger partial charge in [0.2, 0.25) is 0 Å². The molecule has 0 bridgehead atoms. The van der Waals surface area contributed by atoms with Crippen LogP contribution in [-0.4, -0.2) is 54.6 Å². The predicted molar refractivity (Wildman–Crippen MR) is 69.2 cm³/mol. The molecule has 0 rings (SSSR count). The summed E-state index contributed by atoms with van der Waals surface area (Å²) in [6.45, 7) is -0.653. The van der Waals surface area contributed by atoms with Crippen LogP contribution in [0.5, 0.6) is 0 Å². The summed E-state index contributed by atoms with van der Waals surface area (Å²) in [6.07, 6.45) is 1.75. The second-order valence-corrected chi connectivity index (χ2v) is 9.00. The molecule has 0 saturated heterocycles. The molecule has 0 spiro atoms. The first-order valence-electron chi connectivity index (χ1n) is 4.45. The number of hydrogen-bond acceptors (Lipinski definition) is 8. The SMILES string of the molecule is CS(=O)(=O)OC[C@@H](N)[C@H](N)COS(C)(=O)=O.[Cl][Pd][Cl]. The standard InChI is InChI=1S/C6H16N2O6S2.2ClH.Pd/c1-15(9,10)13-3-5(7)6(8)4-14-16(2,11)12;;;/h5-6H,3-4,7-8H2,1-2H3;2*1H;/q;;;+2/p-2/t5-,6-;;;/m1.../s1. The molecule has 0 aliphatic heterocycles. The van der Waals surface area contributed by atoms with E-state index < -0.39 is 32.3 Å². The molecule has 0 aliphatic carbocycles. The van der Waals surface area contributed by atoms with Crippen LogP contribution in [0.3, 0.4) is 0 Å². The zero-order valence-electron chi connectivity index (χ0n) is 10.1. The topological polar surface area (TPSA) is 139 Å². The van der Waals surface area contributed by atoms with Gasteiger partial charge in [-0.05, 0) is 0 Å². The molecule has 0 aliphatic rings. The molecule has 19 heavy (non-hydrogen) atoms. The predicted octanol–water partition coefficient (Wildman–Crippen LogP) is -1.03. The van der Waals surface area contributed by atoms with Crippen LogP contribution in [0.1, 0.15) is 0 Å². The molecule has 8 nitrogen and oxygen atoms in total. The average Bonchev–Trinajstić information content (AvgIpc) is 2.21. The van der Waals surface area contributed by atoms with Crippen molar-refractivity contribution in [2.45, 2.75) is 12.1 Å². The molecule has 0 fully saturated rings. The zero-order valence-corrected chi connectivity index (χ0v) is 14.8. The fraction of sp³-hybridized carbons (Fsp3) is 1.00. The zero-order chi connectivity index (χ0) is 15.7. The number of nitrogens with two attached hydrogens (primary N) is 2. The molecule has 0 heterocycles. The van der Waals surface area contributed by atoms with E-state index in [1.807, 2.05) is 0 Å². The van der Waals surface area contributed by atoms with Gasteiger partial charge in [0, 0.05) is 12.1 Å². The summed E-state index contributed by atoms with van der Waals surface area (Å²) in [4.78, 5) is 0. The van der Waals surface area contributed by atoms with Gasteiger partial charge in [0.15, 0.2) is 0 Å². The van der Waals surface area contributed by atoms with Crippen LogP contribution in [0.4, 0.5) is 0 Å². The van der Waals surface area contributed by atoms with E-state index in [9.17, 15) is 16.8 Å². The summed E-state index contributed by atoms with van der Waals surface area (Å²) >= 11 is -0.106. The van der Waals surface area contributed by atoms with E-state index in [1.54, 1.807) is 0 Å². The Morgan fingerprint density at radius 3 is 1.32 bits per heavy atom. The second kappa shape index (κ2) is 10.7. The van der Waals surface area contributed by atoms with Crippen molar-refractivity contribution in [1.82, 2.24) is 0 Å². The number of hydrogen-bond donors (Lipinski definition) is 2. The van der Waals surface area contributed by atoms with Crippen molar-refractivity contribution in [2.75, 3.05) is 25.7 Å². The molecule has 0 saturated carbocycles. The first-order chi connectivity index (χ1) is 8.43. The molecule has 0 aromatic rings. The first kappa shape index (κ1) is 22.3. The third-order valence-electron chi connectivity index (χ3n) is 1.50. The van der Waals surface area contributed by atoms with Crippen molar-refractivity contribution in [2.24, 2.45) is 11.5 Å². The van der Waals surface area contributed by atoms with E-state index >= 15 is 0 Å². The van der Waals surface area contributed by atoms with Gasteiger partial charge in [0.1, 0.15) is 0 Å². The van der Waals surface area contributed by atoms with Crippen LogP contribution >= 0.6 is 19.1 Å². The summed E-state index contributed by atoms with van der Waals surface area (Å²) in [6, 6.07) is -1.67. The van der Waals surface area contributed by atoms with E-state index in [2.05, 4.69) is 8.37 Å². The Labute approximate surface area is 129 Å². The van der Waals surface area contributed by atoms with Gasteiger partial charge in [-0.25, -0.2) is 0 Å². The molecule has 0 radical (unpaired) electrons. The van der Waals surface area contributed by atoms with Gasteiger partial charge in [-0.15, -0.1) is 0 Å². The van der Waals surface area contributed by atoms with Crippen LogP contribution in [-0.2, 0) is 44.5 Å². The number of halogens is 2. The van der Waals surface area contributed by atoms with Gasteiger partial charge in [-0.1, -0.05) is 0 Å². The van der Waals surface area contributed by atoms with Gasteiger partial charge in [-0.3, -0.25) is 8.37 Å². The summed E-state index contributed by atoms with van der Waals surface area (Å²) < 4.78 is 51.3. The van der Waals surface area contributed by atoms with E-state index in [4.69, 9.17) is 30.5 Å². The summed E-state index contributed by atoms with van der Waals surface area (Å²) in [5.74, 6) is 0. The third-order valence-corrected chi connectivity index (χ3v) is 2.63. The van der Waals surface area contributed by atoms with Gasteiger partial charge in [0.25, 0.3) is 20.2 Å². The van der Waals surface area contributed by atoms with Gasteiger partial charge in [-0.2, -0.15) is 16.8 Å². The first-order valence-corrected chi connectivity index (χ1v) is 12.1. The molecule has 4 N–H and O–H groups in total. The van der Waals surface area contributed by atoms with Crippen LogP contribution in [0.15, 0.2) is 0 Å². The third kappa shape index (κ3) is 19.0. The molecule has 13 heteroatoms. The van der Waals surface area contributed by atoms with Crippen molar-refractivity contribution in [3.63, 3.8) is 0 Å². The van der Waals surface area contributed by atoms with Crippen molar-refractivity contribution < 1.29 is 41.1 Å². The summed E-state index contributed by atoms with van der Waals surface area (Å²) in [5.41, 5.74) is 10.9. The maximum atomic E-state index is 10.6. The van der Waals surface area contributed by atoms with Crippen molar-refractivity contribution >= 4 is 39.3 Å². The molecular weight excluding hydrogens is 438 g/mol. The van der Waals surface area contributed by atoms with Crippen molar-refractivity contribution in [3.8, 4) is 0 Å². The molecule has 0 aromatic carbocycles. The van der Waals surface area contributed by atoms with Crippen molar-refractivity contribution in [3.05, 3.63) is 0 Å². The van der Waals surface area contributed by atoms with Crippen LogP contribution in [0.25, 0.3) is 0 Å². The Bertz CT molecular complexity index is 391. The monoisotopic (exact) mass is 452 g/mol. The Hall–Kier alpha value is 0.982. The minimum atomic E-state index is -3.59. The molecule has 122 valence electrons. The van der Waals surface area contributed by atoms with Gasteiger partial charge < -0.3 is 11.5 Å². The van der Waals surface area contributed by atoms with Gasteiger partial charge in [0.05, 0.1) is 25.7 Å². The van der Waals surface area contributed by atoms with Crippen molar-refractivity contribution in [1.29, 1.82) is 0 Å². The number of rotatable bonds is 7. The Kier molecular flexibility index (Phi) is 12.5. The summed E-state index contributed by atoms with van der Waals surface area (Å²) in [7, 11) is 2.45. The Morgan fingerprint density at radius 1 is 0.947 bits per heavy atom. The molecule has 0 amide bonds. The van der Waals surface area contributed by atoms with Crippen LogP contribution < -0.4 is 11.5 Å². The molecular formula is C6H16Cl2N2O6PdS2. The molecule has 2 atom stereocenters. The quantitative estimate of drug-likeness (QED) is 0.368. The van der Waals surface area contributed by atoms with Crippen LogP contribution in [0, 0.1) is 0 Å². The van der Waals surface area contributed by atoms with Gasteiger partial charge >= 0.3 is 35.0 Å². The fourth-order valence-electron chi connectivity index (χ4n) is 0.652. The van der Waals surface area contributed by atoms with E-state index in [0.29, 0.717) is 0 Å². The second-order valence-electron chi connectivity index (χ2n) is 3.35. The molecule has 0 unspecified atom stereocenters. The Balaban J connectivity index is 0. The van der Waals surface area contributed by atoms with Crippen LogP contribution in [0.2, 0.25) is 0 Å². The average molecular weight is 454 g/mol. The minimum absolute atomic E-state index is 0.106. The Morgan fingerprint density at radius 2 is 1.16 bits per heavy atom. The summed E-state index contributed by atoms with van der Waals surface area (Å²) in [5, 5.41) is 0. The van der Waals surface area contributed by atoms with E-state index in [1.165, 1.54) is 0 Å². The van der Waals surface area contributed by atoms with E-state index in [-0.39, 0.29) is 29.2 Å². The molecule has 0 aromatic heterocycles. The van der Waals surface area contributed by atoms with E-state index in [0.717, 1.165) is 12.5 Å². The maximum absolute atomic E-state index is 10.6.